The van der Waals surface area contributed by atoms with E-state index < -0.39 is 0 Å². The zero-order chi connectivity index (χ0) is 14.4. The van der Waals surface area contributed by atoms with Gasteiger partial charge >= 0.3 is 0 Å². The topological polar surface area (TPSA) is 64.1 Å². The van der Waals surface area contributed by atoms with Gasteiger partial charge in [-0.25, -0.2) is 4.39 Å². The quantitative estimate of drug-likeness (QED) is 0.905. The molecule has 20 heavy (non-hydrogen) atoms. The normalized spacial score (nSPS) is 10.1. The third kappa shape index (κ3) is 3.74. The molecule has 6 heteroatoms. The number of carbonyl (C=O) groups is 1. The minimum absolute atomic E-state index is 0.204. The van der Waals surface area contributed by atoms with Crippen molar-refractivity contribution in [2.75, 3.05) is 6.61 Å². The lowest BCUT2D eigenvalue weighted by Crippen LogP contribution is -2.24. The molecule has 0 bridgehead atoms. The summed E-state index contributed by atoms with van der Waals surface area (Å²) >= 11 is 0. The van der Waals surface area contributed by atoms with E-state index in [9.17, 15) is 9.18 Å². The standard InChI is InChI=1S/C14H14FN3O2/c1-2-20-13-8-7-12(17-18-13)14(19)16-9-10-3-5-11(15)6-4-10/h3-8H,2,9H2,1H3,(H,16,19). The SMILES string of the molecule is CCOc1ccc(C(=O)NCc2ccc(F)cc2)nn1. The molecule has 0 radical (unpaired) electrons. The minimum atomic E-state index is -0.343. The van der Waals surface area contributed by atoms with Gasteiger partial charge in [0.25, 0.3) is 5.91 Å². The summed E-state index contributed by atoms with van der Waals surface area (Å²) in [5.41, 5.74) is 1.01. The van der Waals surface area contributed by atoms with Crippen LogP contribution < -0.4 is 10.1 Å². The molecule has 0 atom stereocenters. The van der Waals surface area contributed by atoms with E-state index in [0.29, 0.717) is 19.0 Å². The molecule has 2 rings (SSSR count). The first-order chi connectivity index (χ1) is 9.69. The molecule has 0 saturated heterocycles. The Labute approximate surface area is 115 Å². The summed E-state index contributed by atoms with van der Waals surface area (Å²) in [6, 6.07) is 9.04. The van der Waals surface area contributed by atoms with Gasteiger partial charge in [-0.15, -0.1) is 10.2 Å². The number of nitrogens with one attached hydrogen (secondary N) is 1. The molecular weight excluding hydrogens is 261 g/mol. The van der Waals surface area contributed by atoms with Gasteiger partial charge < -0.3 is 10.1 Å². The second-order valence-electron chi connectivity index (χ2n) is 4.00. The number of ether oxygens (including phenoxy) is 1. The number of carbonyl (C=O) groups excluding carboxylic acids is 1. The lowest BCUT2D eigenvalue weighted by atomic mass is 10.2. The van der Waals surface area contributed by atoms with Gasteiger partial charge in [0.1, 0.15) is 5.82 Å². The largest absolute Gasteiger partial charge is 0.477 e. The highest BCUT2D eigenvalue weighted by molar-refractivity contribution is 5.92. The molecule has 1 aromatic heterocycles. The summed E-state index contributed by atoms with van der Waals surface area (Å²) in [6.45, 7) is 2.63. The van der Waals surface area contributed by atoms with Gasteiger partial charge in [0.2, 0.25) is 5.88 Å². The first-order valence-electron chi connectivity index (χ1n) is 6.18. The molecule has 0 aliphatic heterocycles. The monoisotopic (exact) mass is 275 g/mol. The van der Waals surface area contributed by atoms with Crippen LogP contribution in [-0.2, 0) is 6.54 Å². The van der Waals surface area contributed by atoms with Crippen LogP contribution in [0.1, 0.15) is 23.0 Å². The number of benzene rings is 1. The molecule has 1 amide bonds. The van der Waals surface area contributed by atoms with Crippen LogP contribution in [0.3, 0.4) is 0 Å². The summed E-state index contributed by atoms with van der Waals surface area (Å²) in [5.74, 6) is -0.273. The highest BCUT2D eigenvalue weighted by atomic mass is 19.1. The molecule has 0 aliphatic carbocycles. The molecule has 0 spiro atoms. The van der Waals surface area contributed by atoms with E-state index in [1.807, 2.05) is 6.92 Å². The molecule has 0 aliphatic rings. The first-order valence-corrected chi connectivity index (χ1v) is 6.18. The van der Waals surface area contributed by atoms with E-state index in [1.165, 1.54) is 18.2 Å². The van der Waals surface area contributed by atoms with Crippen LogP contribution in [0, 0.1) is 5.82 Å². The highest BCUT2D eigenvalue weighted by Crippen LogP contribution is 2.05. The van der Waals surface area contributed by atoms with Gasteiger partial charge in [-0.3, -0.25) is 4.79 Å². The van der Waals surface area contributed by atoms with E-state index in [0.717, 1.165) is 5.56 Å². The zero-order valence-corrected chi connectivity index (χ0v) is 11.0. The Morgan fingerprint density at radius 3 is 2.55 bits per heavy atom. The van der Waals surface area contributed by atoms with Crippen LogP contribution in [0.15, 0.2) is 36.4 Å². The van der Waals surface area contributed by atoms with Crippen molar-refractivity contribution in [1.82, 2.24) is 15.5 Å². The van der Waals surface area contributed by atoms with Crippen molar-refractivity contribution < 1.29 is 13.9 Å². The fourth-order valence-electron chi connectivity index (χ4n) is 1.54. The number of nitrogens with zero attached hydrogens (tertiary/aromatic N) is 2. The first kappa shape index (κ1) is 13.9. The lowest BCUT2D eigenvalue weighted by molar-refractivity contribution is 0.0944. The van der Waals surface area contributed by atoms with E-state index in [4.69, 9.17) is 4.74 Å². The van der Waals surface area contributed by atoms with Crippen molar-refractivity contribution in [3.63, 3.8) is 0 Å². The molecule has 1 N–H and O–H groups in total. The molecular formula is C14H14FN3O2. The maximum absolute atomic E-state index is 12.7. The van der Waals surface area contributed by atoms with Crippen molar-refractivity contribution in [3.8, 4) is 5.88 Å². The fraction of sp³-hybridized carbons (Fsp3) is 0.214. The van der Waals surface area contributed by atoms with Gasteiger partial charge in [-0.05, 0) is 30.7 Å². The number of rotatable bonds is 5. The van der Waals surface area contributed by atoms with Crippen LogP contribution in [-0.4, -0.2) is 22.7 Å². The highest BCUT2D eigenvalue weighted by Gasteiger charge is 2.08. The third-order valence-electron chi connectivity index (χ3n) is 2.53. The third-order valence-corrected chi connectivity index (χ3v) is 2.53. The molecule has 0 unspecified atom stereocenters. The number of halogens is 1. The molecule has 1 aromatic carbocycles. The number of amides is 1. The van der Waals surface area contributed by atoms with Crippen LogP contribution in [0.2, 0.25) is 0 Å². The Morgan fingerprint density at radius 1 is 1.20 bits per heavy atom. The summed E-state index contributed by atoms with van der Waals surface area (Å²) in [6.07, 6.45) is 0. The fourth-order valence-corrected chi connectivity index (χ4v) is 1.54. The van der Waals surface area contributed by atoms with E-state index >= 15 is 0 Å². The molecule has 0 fully saturated rings. The van der Waals surface area contributed by atoms with Crippen molar-refractivity contribution in [3.05, 3.63) is 53.5 Å². The Morgan fingerprint density at radius 2 is 1.95 bits per heavy atom. The number of hydrogen-bond acceptors (Lipinski definition) is 4. The second-order valence-corrected chi connectivity index (χ2v) is 4.00. The maximum Gasteiger partial charge on any atom is 0.272 e. The van der Waals surface area contributed by atoms with Gasteiger partial charge in [-0.1, -0.05) is 12.1 Å². The molecule has 104 valence electrons. The van der Waals surface area contributed by atoms with Crippen LogP contribution in [0.25, 0.3) is 0 Å². The average Bonchev–Trinajstić information content (AvgIpc) is 2.47. The van der Waals surface area contributed by atoms with E-state index in [2.05, 4.69) is 15.5 Å². The van der Waals surface area contributed by atoms with Crippen molar-refractivity contribution in [2.45, 2.75) is 13.5 Å². The van der Waals surface area contributed by atoms with Gasteiger partial charge in [0.15, 0.2) is 5.69 Å². The number of hydrogen-bond donors (Lipinski definition) is 1. The molecule has 2 aromatic rings. The molecule has 1 heterocycles. The van der Waals surface area contributed by atoms with Gasteiger partial charge in [0, 0.05) is 12.6 Å². The van der Waals surface area contributed by atoms with Crippen LogP contribution in [0.4, 0.5) is 4.39 Å². The zero-order valence-electron chi connectivity index (χ0n) is 11.0. The summed E-state index contributed by atoms with van der Waals surface area (Å²) < 4.78 is 17.9. The summed E-state index contributed by atoms with van der Waals surface area (Å²) in [7, 11) is 0. The average molecular weight is 275 g/mol. The Balaban J connectivity index is 1.92. The van der Waals surface area contributed by atoms with E-state index in [-0.39, 0.29) is 17.4 Å². The summed E-state index contributed by atoms with van der Waals surface area (Å²) in [5, 5.41) is 10.2. The molecule has 5 nitrogen and oxygen atoms in total. The van der Waals surface area contributed by atoms with Crippen LogP contribution >= 0.6 is 0 Å². The summed E-state index contributed by atoms with van der Waals surface area (Å²) in [4.78, 5) is 11.8. The van der Waals surface area contributed by atoms with Gasteiger partial charge in [-0.2, -0.15) is 0 Å². The maximum atomic E-state index is 12.7. The Hall–Kier alpha value is -2.50. The Bertz CT molecular complexity index is 570. The van der Waals surface area contributed by atoms with E-state index in [1.54, 1.807) is 18.2 Å². The minimum Gasteiger partial charge on any atom is -0.477 e. The van der Waals surface area contributed by atoms with Gasteiger partial charge in [0.05, 0.1) is 6.61 Å². The van der Waals surface area contributed by atoms with Crippen molar-refractivity contribution in [1.29, 1.82) is 0 Å². The smallest absolute Gasteiger partial charge is 0.272 e. The van der Waals surface area contributed by atoms with Crippen molar-refractivity contribution >= 4 is 5.91 Å². The van der Waals surface area contributed by atoms with Crippen LogP contribution in [0.5, 0.6) is 5.88 Å². The number of aromatic nitrogens is 2. The second kappa shape index (κ2) is 6.60. The molecule has 0 saturated carbocycles. The lowest BCUT2D eigenvalue weighted by Gasteiger charge is -2.05. The predicted octanol–water partition coefficient (Wildman–Crippen LogP) is 1.94. The Kier molecular flexibility index (Phi) is 4.60. The predicted molar refractivity (Wildman–Crippen MR) is 70.8 cm³/mol. The van der Waals surface area contributed by atoms with Crippen molar-refractivity contribution in [2.24, 2.45) is 0 Å².